The van der Waals surface area contributed by atoms with Crippen molar-refractivity contribution in [3.63, 3.8) is 0 Å². The number of imide groups is 1. The van der Waals surface area contributed by atoms with Crippen molar-refractivity contribution in [1.29, 1.82) is 0 Å². The fourth-order valence-corrected chi connectivity index (χ4v) is 5.77. The molecule has 0 N–H and O–H groups in total. The Morgan fingerprint density at radius 3 is 2.22 bits per heavy atom. The standard InChI is InChI=1S/C23H24N2O6S/c1-16-9-10-17(15-20(16)32(29,30)24-11-5-2-6-12-24)23(28)31-14-13-25-21(26)18-7-3-4-8-19(18)22(25)27/h3-4,7-10,15H,2,5-6,11-14H2,1H3. The van der Waals surface area contributed by atoms with Crippen LogP contribution in [0.15, 0.2) is 47.4 Å². The van der Waals surface area contributed by atoms with Gasteiger partial charge >= 0.3 is 5.97 Å². The highest BCUT2D eigenvalue weighted by Gasteiger charge is 2.35. The molecule has 0 spiro atoms. The van der Waals surface area contributed by atoms with Gasteiger partial charge in [-0.25, -0.2) is 13.2 Å². The number of nitrogens with zero attached hydrogens (tertiary/aromatic N) is 2. The molecule has 2 aliphatic rings. The second-order valence-corrected chi connectivity index (χ2v) is 9.79. The summed E-state index contributed by atoms with van der Waals surface area (Å²) in [6.45, 7) is 2.36. The second-order valence-electron chi connectivity index (χ2n) is 7.89. The number of carbonyl (C=O) groups is 3. The topological polar surface area (TPSA) is 101 Å². The van der Waals surface area contributed by atoms with Crippen LogP contribution in [0.4, 0.5) is 0 Å². The minimum atomic E-state index is -3.70. The normalized spacial score (nSPS) is 16.8. The number of esters is 1. The Morgan fingerprint density at radius 2 is 1.59 bits per heavy atom. The van der Waals surface area contributed by atoms with Crippen LogP contribution in [0.3, 0.4) is 0 Å². The van der Waals surface area contributed by atoms with Crippen molar-refractivity contribution in [3.8, 4) is 0 Å². The summed E-state index contributed by atoms with van der Waals surface area (Å²) in [6.07, 6.45) is 2.64. The van der Waals surface area contributed by atoms with Gasteiger partial charge < -0.3 is 4.74 Å². The first-order valence-electron chi connectivity index (χ1n) is 10.5. The summed E-state index contributed by atoms with van der Waals surface area (Å²) in [4.78, 5) is 38.5. The number of amides is 2. The molecule has 0 unspecified atom stereocenters. The van der Waals surface area contributed by atoms with Crippen LogP contribution >= 0.6 is 0 Å². The van der Waals surface area contributed by atoms with Crippen molar-refractivity contribution in [2.24, 2.45) is 0 Å². The fraction of sp³-hybridized carbons (Fsp3) is 0.348. The molecule has 2 heterocycles. The van der Waals surface area contributed by atoms with E-state index in [0.717, 1.165) is 24.2 Å². The third-order valence-electron chi connectivity index (χ3n) is 5.78. The van der Waals surface area contributed by atoms with Gasteiger partial charge in [0.05, 0.1) is 28.1 Å². The van der Waals surface area contributed by atoms with E-state index >= 15 is 0 Å². The monoisotopic (exact) mass is 456 g/mol. The lowest BCUT2D eigenvalue weighted by Crippen LogP contribution is -2.36. The van der Waals surface area contributed by atoms with Gasteiger partial charge in [-0.05, 0) is 49.6 Å². The van der Waals surface area contributed by atoms with Crippen LogP contribution in [0, 0.1) is 6.92 Å². The lowest BCUT2D eigenvalue weighted by Gasteiger charge is -2.26. The fourth-order valence-electron chi connectivity index (χ4n) is 4.00. The number of ether oxygens (including phenoxy) is 1. The van der Waals surface area contributed by atoms with Gasteiger partial charge in [-0.1, -0.05) is 24.6 Å². The van der Waals surface area contributed by atoms with Crippen LogP contribution in [0.1, 0.15) is 55.9 Å². The third kappa shape index (κ3) is 4.05. The van der Waals surface area contributed by atoms with Crippen molar-refractivity contribution < 1.29 is 27.5 Å². The first-order chi connectivity index (χ1) is 15.3. The molecule has 1 fully saturated rings. The number of aryl methyl sites for hydroxylation is 1. The van der Waals surface area contributed by atoms with Crippen molar-refractivity contribution in [1.82, 2.24) is 9.21 Å². The van der Waals surface area contributed by atoms with Gasteiger partial charge in [-0.3, -0.25) is 14.5 Å². The van der Waals surface area contributed by atoms with Crippen LogP contribution in [0.5, 0.6) is 0 Å². The molecule has 2 aromatic rings. The van der Waals surface area contributed by atoms with E-state index in [1.54, 1.807) is 37.3 Å². The predicted octanol–water partition coefficient (Wildman–Crippen LogP) is 2.62. The lowest BCUT2D eigenvalue weighted by molar-refractivity contribution is 0.0420. The zero-order valence-electron chi connectivity index (χ0n) is 17.7. The van der Waals surface area contributed by atoms with E-state index in [-0.39, 0.29) is 23.6 Å². The molecule has 168 valence electrons. The van der Waals surface area contributed by atoms with Crippen LogP contribution in [-0.2, 0) is 14.8 Å². The van der Waals surface area contributed by atoms with Crippen molar-refractivity contribution in [3.05, 3.63) is 64.7 Å². The average molecular weight is 457 g/mol. The Morgan fingerprint density at radius 1 is 0.969 bits per heavy atom. The van der Waals surface area contributed by atoms with Gasteiger partial charge in [0.25, 0.3) is 11.8 Å². The molecule has 1 saturated heterocycles. The molecule has 2 aromatic carbocycles. The smallest absolute Gasteiger partial charge is 0.338 e. The van der Waals surface area contributed by atoms with Crippen molar-refractivity contribution in [2.45, 2.75) is 31.1 Å². The van der Waals surface area contributed by atoms with Gasteiger partial charge in [-0.15, -0.1) is 0 Å². The molecule has 8 nitrogen and oxygen atoms in total. The van der Waals surface area contributed by atoms with Gasteiger partial charge in [0.15, 0.2) is 0 Å². The van der Waals surface area contributed by atoms with Gasteiger partial charge in [0, 0.05) is 13.1 Å². The summed E-state index contributed by atoms with van der Waals surface area (Å²) in [7, 11) is -3.70. The summed E-state index contributed by atoms with van der Waals surface area (Å²) in [5.74, 6) is -1.56. The van der Waals surface area contributed by atoms with Crippen LogP contribution in [0.2, 0.25) is 0 Å². The van der Waals surface area contributed by atoms with E-state index in [1.165, 1.54) is 16.4 Å². The third-order valence-corrected chi connectivity index (χ3v) is 7.82. The maximum absolute atomic E-state index is 13.0. The highest BCUT2D eigenvalue weighted by molar-refractivity contribution is 7.89. The van der Waals surface area contributed by atoms with Crippen LogP contribution in [0.25, 0.3) is 0 Å². The summed E-state index contributed by atoms with van der Waals surface area (Å²) >= 11 is 0. The van der Waals surface area contributed by atoms with E-state index < -0.39 is 27.8 Å². The zero-order valence-corrected chi connectivity index (χ0v) is 18.6. The molecule has 2 aliphatic heterocycles. The number of hydrogen-bond acceptors (Lipinski definition) is 6. The summed E-state index contributed by atoms with van der Waals surface area (Å²) < 4.78 is 32.8. The van der Waals surface area contributed by atoms with Gasteiger partial charge in [0.2, 0.25) is 10.0 Å². The Balaban J connectivity index is 1.43. The number of piperidine rings is 1. The number of rotatable bonds is 6. The molecule has 0 atom stereocenters. The molecule has 2 amide bonds. The van der Waals surface area contributed by atoms with Crippen molar-refractivity contribution >= 4 is 27.8 Å². The number of carbonyl (C=O) groups excluding carboxylic acids is 3. The quantitative estimate of drug-likeness (QED) is 0.489. The Hall–Kier alpha value is -3.04. The van der Waals surface area contributed by atoms with E-state index in [2.05, 4.69) is 0 Å². The second kappa shape index (κ2) is 8.84. The molecule has 9 heteroatoms. The summed E-state index contributed by atoms with van der Waals surface area (Å²) in [6, 6.07) is 11.0. The number of benzene rings is 2. The molecule has 0 aromatic heterocycles. The Bertz CT molecular complexity index is 1150. The zero-order chi connectivity index (χ0) is 22.9. The van der Waals surface area contributed by atoms with Gasteiger partial charge in [0.1, 0.15) is 6.61 Å². The van der Waals surface area contributed by atoms with Crippen LogP contribution in [-0.4, -0.2) is 61.6 Å². The molecule has 0 aliphatic carbocycles. The largest absolute Gasteiger partial charge is 0.460 e. The SMILES string of the molecule is Cc1ccc(C(=O)OCCN2C(=O)c3ccccc3C2=O)cc1S(=O)(=O)N1CCCCC1. The number of hydrogen-bond donors (Lipinski definition) is 0. The maximum Gasteiger partial charge on any atom is 0.338 e. The minimum absolute atomic E-state index is 0.0805. The molecular formula is C23H24N2O6S. The van der Waals surface area contributed by atoms with Crippen LogP contribution < -0.4 is 0 Å². The lowest BCUT2D eigenvalue weighted by atomic mass is 10.1. The Labute approximate surface area is 186 Å². The number of fused-ring (bicyclic) bond motifs is 1. The van der Waals surface area contributed by atoms with E-state index in [0.29, 0.717) is 29.8 Å². The molecule has 0 saturated carbocycles. The number of sulfonamides is 1. The highest BCUT2D eigenvalue weighted by atomic mass is 32.2. The first-order valence-corrected chi connectivity index (χ1v) is 12.0. The maximum atomic E-state index is 13.0. The van der Waals surface area contributed by atoms with E-state index in [4.69, 9.17) is 4.74 Å². The van der Waals surface area contributed by atoms with E-state index in [9.17, 15) is 22.8 Å². The predicted molar refractivity (Wildman–Crippen MR) is 116 cm³/mol. The summed E-state index contributed by atoms with van der Waals surface area (Å²) in [5.41, 5.74) is 1.32. The molecule has 4 rings (SSSR count). The summed E-state index contributed by atoms with van der Waals surface area (Å²) in [5, 5.41) is 0. The highest BCUT2D eigenvalue weighted by Crippen LogP contribution is 2.25. The molecule has 32 heavy (non-hydrogen) atoms. The van der Waals surface area contributed by atoms with Crippen molar-refractivity contribution in [2.75, 3.05) is 26.2 Å². The minimum Gasteiger partial charge on any atom is -0.460 e. The average Bonchev–Trinajstić information content (AvgIpc) is 3.05. The first kappa shape index (κ1) is 22.2. The molecule has 0 bridgehead atoms. The Kier molecular flexibility index (Phi) is 6.12. The van der Waals surface area contributed by atoms with E-state index in [1.807, 2.05) is 0 Å². The van der Waals surface area contributed by atoms with Gasteiger partial charge in [-0.2, -0.15) is 4.31 Å². The molecular weight excluding hydrogens is 432 g/mol. The molecule has 0 radical (unpaired) electrons.